The zero-order valence-electron chi connectivity index (χ0n) is 13.2. The topological polar surface area (TPSA) is 17.1 Å². The zero-order chi connectivity index (χ0) is 13.9. The van der Waals surface area contributed by atoms with Gasteiger partial charge in [-0.2, -0.15) is 0 Å². The van der Waals surface area contributed by atoms with E-state index in [1.807, 2.05) is 0 Å². The summed E-state index contributed by atoms with van der Waals surface area (Å²) in [6.45, 7) is 16.2. The largest absolute Gasteiger partial charge is 0.300 e. The molecule has 0 aromatic heterocycles. The molecule has 0 aromatic rings. The van der Waals surface area contributed by atoms with Crippen molar-refractivity contribution in [1.82, 2.24) is 0 Å². The Hall–Kier alpha value is -0.330. The summed E-state index contributed by atoms with van der Waals surface area (Å²) in [5, 5.41) is 0. The van der Waals surface area contributed by atoms with Crippen LogP contribution in [-0.2, 0) is 4.79 Å². The number of rotatable bonds is 3. The molecule has 0 heterocycles. The molecule has 2 rings (SSSR count). The van der Waals surface area contributed by atoms with E-state index in [9.17, 15) is 4.79 Å². The minimum Gasteiger partial charge on any atom is -0.300 e. The van der Waals surface area contributed by atoms with Gasteiger partial charge in [0.1, 0.15) is 5.78 Å². The lowest BCUT2D eigenvalue weighted by Crippen LogP contribution is -2.44. The predicted molar refractivity (Wildman–Crippen MR) is 76.3 cm³/mol. The average Bonchev–Trinajstić information content (AvgIpc) is 2.68. The molecule has 1 heteroatoms. The van der Waals surface area contributed by atoms with Crippen molar-refractivity contribution in [3.8, 4) is 0 Å². The monoisotopic (exact) mass is 250 g/mol. The number of ketones is 1. The molecule has 0 aliphatic heterocycles. The molecule has 0 amide bonds. The number of hydrogen-bond donors (Lipinski definition) is 0. The van der Waals surface area contributed by atoms with Crippen molar-refractivity contribution in [3.05, 3.63) is 0 Å². The summed E-state index contributed by atoms with van der Waals surface area (Å²) >= 11 is 0. The Morgan fingerprint density at radius 2 is 1.83 bits per heavy atom. The SMILES string of the molecule is CC(=O)CC(C)C1C(C)(C)C(C)CC2[C@@H](C)[C@@]21C. The van der Waals surface area contributed by atoms with Gasteiger partial charge >= 0.3 is 0 Å². The quantitative estimate of drug-likeness (QED) is 0.718. The van der Waals surface area contributed by atoms with E-state index in [0.717, 1.165) is 24.2 Å². The number of fused-ring (bicyclic) bond motifs is 1. The Bertz CT molecular complexity index is 345. The van der Waals surface area contributed by atoms with Crippen LogP contribution < -0.4 is 0 Å². The Morgan fingerprint density at radius 3 is 2.33 bits per heavy atom. The van der Waals surface area contributed by atoms with Gasteiger partial charge in [0.2, 0.25) is 0 Å². The summed E-state index contributed by atoms with van der Waals surface area (Å²) in [5.74, 6) is 4.10. The van der Waals surface area contributed by atoms with Crippen molar-refractivity contribution >= 4 is 5.78 Å². The fraction of sp³-hybridized carbons (Fsp3) is 0.941. The summed E-state index contributed by atoms with van der Waals surface area (Å²) in [7, 11) is 0. The van der Waals surface area contributed by atoms with Crippen LogP contribution in [0.2, 0.25) is 0 Å². The Balaban J connectivity index is 2.30. The van der Waals surface area contributed by atoms with E-state index >= 15 is 0 Å². The van der Waals surface area contributed by atoms with Gasteiger partial charge in [-0.1, -0.05) is 41.5 Å². The van der Waals surface area contributed by atoms with Crippen molar-refractivity contribution in [2.75, 3.05) is 0 Å². The minimum absolute atomic E-state index is 0.352. The molecule has 4 unspecified atom stereocenters. The summed E-state index contributed by atoms with van der Waals surface area (Å²) < 4.78 is 0. The third-order valence-corrected chi connectivity index (χ3v) is 6.80. The highest BCUT2D eigenvalue weighted by atomic mass is 16.1. The molecular weight excluding hydrogens is 220 g/mol. The van der Waals surface area contributed by atoms with Crippen molar-refractivity contribution in [1.29, 1.82) is 0 Å². The smallest absolute Gasteiger partial charge is 0.130 e. The molecule has 0 N–H and O–H groups in total. The maximum Gasteiger partial charge on any atom is 0.130 e. The highest BCUT2D eigenvalue weighted by Gasteiger charge is 2.69. The van der Waals surface area contributed by atoms with Crippen LogP contribution in [0.3, 0.4) is 0 Å². The van der Waals surface area contributed by atoms with E-state index in [1.165, 1.54) is 6.42 Å². The lowest BCUT2D eigenvalue weighted by Gasteiger charge is -2.50. The summed E-state index contributed by atoms with van der Waals surface area (Å²) in [4.78, 5) is 11.5. The van der Waals surface area contributed by atoms with E-state index in [2.05, 4.69) is 41.5 Å². The number of hydrogen-bond acceptors (Lipinski definition) is 1. The standard InChI is InChI=1S/C17H30O/c1-10(8-12(3)18)15-16(5,6)11(2)9-14-13(4)17(14,15)7/h10-11,13-15H,8-9H2,1-7H3/t10?,11?,13-,14?,15?,17+/m1/s1. The molecule has 0 spiro atoms. The van der Waals surface area contributed by atoms with Crippen LogP contribution in [0.25, 0.3) is 0 Å². The van der Waals surface area contributed by atoms with Crippen molar-refractivity contribution in [2.45, 2.75) is 61.3 Å². The molecule has 104 valence electrons. The molecule has 2 fully saturated rings. The van der Waals surface area contributed by atoms with Gasteiger partial charge in [-0.3, -0.25) is 0 Å². The van der Waals surface area contributed by atoms with Gasteiger partial charge in [0.15, 0.2) is 0 Å². The molecule has 0 bridgehead atoms. The van der Waals surface area contributed by atoms with Crippen molar-refractivity contribution in [2.24, 2.45) is 40.4 Å². The molecule has 2 aliphatic rings. The van der Waals surface area contributed by atoms with Crippen LogP contribution in [0.1, 0.15) is 61.3 Å². The van der Waals surface area contributed by atoms with Gasteiger partial charge in [-0.25, -0.2) is 0 Å². The van der Waals surface area contributed by atoms with Crippen molar-refractivity contribution in [3.63, 3.8) is 0 Å². The normalized spacial score (nSPS) is 47.3. The van der Waals surface area contributed by atoms with Crippen LogP contribution in [0.4, 0.5) is 0 Å². The third kappa shape index (κ3) is 1.77. The van der Waals surface area contributed by atoms with Crippen LogP contribution in [0.5, 0.6) is 0 Å². The number of carbonyl (C=O) groups excluding carboxylic acids is 1. The first-order valence-corrected chi connectivity index (χ1v) is 7.62. The second-order valence-electron chi connectivity index (χ2n) is 8.08. The fourth-order valence-electron chi connectivity index (χ4n) is 5.54. The zero-order valence-corrected chi connectivity index (χ0v) is 13.2. The van der Waals surface area contributed by atoms with E-state index < -0.39 is 0 Å². The first-order chi connectivity index (χ1) is 8.13. The van der Waals surface area contributed by atoms with Crippen LogP contribution in [0, 0.1) is 40.4 Å². The number of carbonyl (C=O) groups is 1. The molecule has 2 aliphatic carbocycles. The Morgan fingerprint density at radius 1 is 1.28 bits per heavy atom. The Labute approximate surface area is 113 Å². The van der Waals surface area contributed by atoms with E-state index in [0.29, 0.717) is 28.4 Å². The molecule has 6 atom stereocenters. The second kappa shape index (κ2) is 4.08. The fourth-order valence-corrected chi connectivity index (χ4v) is 5.54. The van der Waals surface area contributed by atoms with Crippen LogP contribution in [-0.4, -0.2) is 5.78 Å². The van der Waals surface area contributed by atoms with Gasteiger partial charge < -0.3 is 4.79 Å². The maximum atomic E-state index is 11.5. The highest BCUT2D eigenvalue weighted by Crippen LogP contribution is 2.74. The summed E-state index contributed by atoms with van der Waals surface area (Å²) in [6, 6.07) is 0. The van der Waals surface area contributed by atoms with Gasteiger partial charge in [-0.05, 0) is 53.8 Å². The predicted octanol–water partition coefficient (Wildman–Crippen LogP) is 4.56. The van der Waals surface area contributed by atoms with Gasteiger partial charge in [0.05, 0.1) is 0 Å². The highest BCUT2D eigenvalue weighted by molar-refractivity contribution is 5.75. The molecule has 0 radical (unpaired) electrons. The maximum absolute atomic E-state index is 11.5. The lowest BCUT2D eigenvalue weighted by atomic mass is 9.54. The van der Waals surface area contributed by atoms with Gasteiger partial charge in [0.25, 0.3) is 0 Å². The second-order valence-corrected chi connectivity index (χ2v) is 8.08. The first kappa shape index (κ1) is 14.1. The minimum atomic E-state index is 0.352. The summed E-state index contributed by atoms with van der Waals surface area (Å²) in [5.41, 5.74) is 0.857. The summed E-state index contributed by atoms with van der Waals surface area (Å²) in [6.07, 6.45) is 2.14. The lowest BCUT2D eigenvalue weighted by molar-refractivity contribution is -0.119. The Kier molecular flexibility index (Phi) is 3.19. The van der Waals surface area contributed by atoms with Crippen LogP contribution >= 0.6 is 0 Å². The molecule has 2 saturated carbocycles. The average molecular weight is 250 g/mol. The molecular formula is C17H30O. The van der Waals surface area contributed by atoms with Crippen molar-refractivity contribution < 1.29 is 4.79 Å². The van der Waals surface area contributed by atoms with E-state index in [-0.39, 0.29) is 0 Å². The van der Waals surface area contributed by atoms with E-state index in [4.69, 9.17) is 0 Å². The molecule has 0 saturated heterocycles. The molecule has 18 heavy (non-hydrogen) atoms. The third-order valence-electron chi connectivity index (χ3n) is 6.80. The number of Topliss-reactive ketones (excluding diaryl/α,β-unsaturated/α-hetero) is 1. The van der Waals surface area contributed by atoms with Gasteiger partial charge in [-0.15, -0.1) is 0 Å². The molecule has 1 nitrogen and oxygen atoms in total. The molecule has 0 aromatic carbocycles. The van der Waals surface area contributed by atoms with Gasteiger partial charge in [0, 0.05) is 6.42 Å². The van der Waals surface area contributed by atoms with Crippen LogP contribution in [0.15, 0.2) is 0 Å². The first-order valence-electron chi connectivity index (χ1n) is 7.62. The van der Waals surface area contributed by atoms with E-state index in [1.54, 1.807) is 6.92 Å².